The van der Waals surface area contributed by atoms with E-state index < -0.39 is 0 Å². The highest BCUT2D eigenvalue weighted by molar-refractivity contribution is 14.0. The van der Waals surface area contributed by atoms with Gasteiger partial charge in [0.15, 0.2) is 5.96 Å². The Bertz CT molecular complexity index is 417. The fourth-order valence-electron chi connectivity index (χ4n) is 2.32. The van der Waals surface area contributed by atoms with E-state index >= 15 is 0 Å². The summed E-state index contributed by atoms with van der Waals surface area (Å²) in [4.78, 5) is 6.67. The predicted octanol–water partition coefficient (Wildman–Crippen LogP) is 2.88. The number of benzene rings is 1. The Hall–Kier alpha value is -0.820. The molecule has 1 fully saturated rings. The van der Waals surface area contributed by atoms with Crippen molar-refractivity contribution in [1.82, 2.24) is 10.2 Å². The summed E-state index contributed by atoms with van der Waals surface area (Å²) in [6.07, 6.45) is 3.88. The Balaban J connectivity index is 0.00000220. The number of hydrogen-bond acceptors (Lipinski definition) is 2. The smallest absolute Gasteiger partial charge is 0.193 e. The second-order valence-electron chi connectivity index (χ2n) is 5.37. The number of aliphatic imine (C=N–C) groups is 1. The first-order valence-corrected chi connectivity index (χ1v) is 7.37. The minimum Gasteiger partial charge on any atom is -0.378 e. The Morgan fingerprint density at radius 2 is 2.10 bits per heavy atom. The molecular formula is C16H26IN3O. The second kappa shape index (κ2) is 10.00. The van der Waals surface area contributed by atoms with E-state index in [2.05, 4.69) is 22.4 Å². The first-order chi connectivity index (χ1) is 9.75. The summed E-state index contributed by atoms with van der Waals surface area (Å²) in [5.41, 5.74) is 1.23. The number of guanidine groups is 1. The van der Waals surface area contributed by atoms with Crippen molar-refractivity contribution in [3.05, 3.63) is 35.9 Å². The number of ether oxygens (including phenoxy) is 1. The Morgan fingerprint density at radius 3 is 2.71 bits per heavy atom. The molecular weight excluding hydrogens is 377 g/mol. The van der Waals surface area contributed by atoms with Crippen molar-refractivity contribution >= 4 is 29.9 Å². The molecule has 1 heterocycles. The molecule has 0 bridgehead atoms. The Kier molecular flexibility index (Phi) is 8.68. The molecule has 21 heavy (non-hydrogen) atoms. The maximum atomic E-state index is 5.63. The van der Waals surface area contributed by atoms with Crippen LogP contribution in [0.5, 0.6) is 0 Å². The third kappa shape index (κ3) is 6.65. The first kappa shape index (κ1) is 18.2. The molecule has 1 atom stereocenters. The topological polar surface area (TPSA) is 36.9 Å². The van der Waals surface area contributed by atoms with Gasteiger partial charge in [0.1, 0.15) is 0 Å². The van der Waals surface area contributed by atoms with Crippen LogP contribution in [0, 0.1) is 0 Å². The van der Waals surface area contributed by atoms with Crippen molar-refractivity contribution in [3.8, 4) is 0 Å². The zero-order valence-corrected chi connectivity index (χ0v) is 15.2. The summed E-state index contributed by atoms with van der Waals surface area (Å²) in [6, 6.07) is 10.3. The van der Waals surface area contributed by atoms with E-state index in [4.69, 9.17) is 4.74 Å². The van der Waals surface area contributed by atoms with Gasteiger partial charge in [-0.15, -0.1) is 24.0 Å². The maximum absolute atomic E-state index is 5.63. The van der Waals surface area contributed by atoms with Crippen LogP contribution in [-0.4, -0.2) is 44.2 Å². The number of halogens is 1. The molecule has 2 rings (SSSR count). The van der Waals surface area contributed by atoms with Crippen molar-refractivity contribution in [1.29, 1.82) is 0 Å². The standard InChI is InChI=1S/C16H25N3O.HI/c1-19(2)16(17-11-10-15-9-6-12-20-15)18-13-14-7-4-3-5-8-14;/h3-5,7-8,15H,6,9-13H2,1-2H3,(H,17,18);1H. The highest BCUT2D eigenvalue weighted by atomic mass is 127. The number of nitrogens with zero attached hydrogens (tertiary/aromatic N) is 2. The normalized spacial score (nSPS) is 18.2. The summed E-state index contributed by atoms with van der Waals surface area (Å²) in [6.45, 7) is 2.55. The molecule has 1 N–H and O–H groups in total. The SMILES string of the molecule is CN(C)C(=NCc1ccccc1)NCCC1CCCO1.I. The van der Waals surface area contributed by atoms with E-state index in [0.717, 1.165) is 25.5 Å². The van der Waals surface area contributed by atoms with E-state index in [-0.39, 0.29) is 24.0 Å². The quantitative estimate of drug-likeness (QED) is 0.467. The van der Waals surface area contributed by atoms with Gasteiger partial charge in [0, 0.05) is 27.2 Å². The van der Waals surface area contributed by atoms with Crippen LogP contribution >= 0.6 is 24.0 Å². The van der Waals surface area contributed by atoms with Crippen molar-refractivity contribution < 1.29 is 4.74 Å². The summed E-state index contributed by atoms with van der Waals surface area (Å²) in [5.74, 6) is 0.937. The number of nitrogens with one attached hydrogen (secondary N) is 1. The van der Waals surface area contributed by atoms with Crippen LogP contribution in [0.4, 0.5) is 0 Å². The van der Waals surface area contributed by atoms with Crippen LogP contribution < -0.4 is 5.32 Å². The summed E-state index contributed by atoms with van der Waals surface area (Å²) >= 11 is 0. The lowest BCUT2D eigenvalue weighted by Crippen LogP contribution is -2.37. The molecule has 1 saturated heterocycles. The lowest BCUT2D eigenvalue weighted by Gasteiger charge is -2.18. The van der Waals surface area contributed by atoms with E-state index in [0.29, 0.717) is 12.6 Å². The monoisotopic (exact) mass is 403 g/mol. The lowest BCUT2D eigenvalue weighted by atomic mass is 10.2. The van der Waals surface area contributed by atoms with Crippen molar-refractivity contribution in [3.63, 3.8) is 0 Å². The summed E-state index contributed by atoms with van der Waals surface area (Å²) < 4.78 is 5.63. The van der Waals surface area contributed by atoms with E-state index in [1.54, 1.807) is 0 Å². The molecule has 1 aliphatic heterocycles. The molecule has 0 radical (unpaired) electrons. The Morgan fingerprint density at radius 1 is 1.33 bits per heavy atom. The average molecular weight is 403 g/mol. The largest absolute Gasteiger partial charge is 0.378 e. The van der Waals surface area contributed by atoms with E-state index in [1.165, 1.54) is 18.4 Å². The first-order valence-electron chi connectivity index (χ1n) is 7.37. The van der Waals surface area contributed by atoms with Crippen LogP contribution in [0.15, 0.2) is 35.3 Å². The highest BCUT2D eigenvalue weighted by Crippen LogP contribution is 2.14. The zero-order chi connectivity index (χ0) is 14.2. The molecule has 1 aromatic rings. The molecule has 0 aliphatic carbocycles. The van der Waals surface area contributed by atoms with Crippen molar-refractivity contribution in [2.45, 2.75) is 31.9 Å². The second-order valence-corrected chi connectivity index (χ2v) is 5.37. The zero-order valence-electron chi connectivity index (χ0n) is 12.9. The fourth-order valence-corrected chi connectivity index (χ4v) is 2.32. The van der Waals surface area contributed by atoms with Gasteiger partial charge >= 0.3 is 0 Å². The van der Waals surface area contributed by atoms with Gasteiger partial charge in [-0.25, -0.2) is 4.99 Å². The lowest BCUT2D eigenvalue weighted by molar-refractivity contribution is 0.105. The van der Waals surface area contributed by atoms with Crippen molar-refractivity contribution in [2.75, 3.05) is 27.2 Å². The third-order valence-corrected chi connectivity index (χ3v) is 3.45. The van der Waals surface area contributed by atoms with Gasteiger partial charge in [-0.1, -0.05) is 30.3 Å². The summed E-state index contributed by atoms with van der Waals surface area (Å²) in [5, 5.41) is 3.41. The van der Waals surface area contributed by atoms with Gasteiger partial charge in [0.2, 0.25) is 0 Å². The van der Waals surface area contributed by atoms with Gasteiger partial charge in [-0.2, -0.15) is 0 Å². The summed E-state index contributed by atoms with van der Waals surface area (Å²) in [7, 11) is 4.03. The van der Waals surface area contributed by atoms with Crippen LogP contribution in [0.25, 0.3) is 0 Å². The van der Waals surface area contributed by atoms with Gasteiger partial charge in [0.05, 0.1) is 12.6 Å². The fraction of sp³-hybridized carbons (Fsp3) is 0.562. The Labute approximate surface area is 145 Å². The van der Waals surface area contributed by atoms with Gasteiger partial charge in [-0.05, 0) is 24.8 Å². The predicted molar refractivity (Wildman–Crippen MR) is 98.3 cm³/mol. The number of rotatable bonds is 5. The molecule has 0 spiro atoms. The molecule has 1 aliphatic rings. The van der Waals surface area contributed by atoms with Crippen molar-refractivity contribution in [2.24, 2.45) is 4.99 Å². The molecule has 0 aromatic heterocycles. The van der Waals surface area contributed by atoms with Crippen LogP contribution in [0.1, 0.15) is 24.8 Å². The van der Waals surface area contributed by atoms with E-state index in [1.807, 2.05) is 37.2 Å². The minimum absolute atomic E-state index is 0. The van der Waals surface area contributed by atoms with Gasteiger partial charge in [-0.3, -0.25) is 0 Å². The molecule has 1 aromatic carbocycles. The molecule has 4 nitrogen and oxygen atoms in total. The maximum Gasteiger partial charge on any atom is 0.193 e. The third-order valence-electron chi connectivity index (χ3n) is 3.45. The number of hydrogen-bond donors (Lipinski definition) is 1. The van der Waals surface area contributed by atoms with Crippen LogP contribution in [0.2, 0.25) is 0 Å². The highest BCUT2D eigenvalue weighted by Gasteiger charge is 2.15. The van der Waals surface area contributed by atoms with Crippen LogP contribution in [-0.2, 0) is 11.3 Å². The molecule has 0 saturated carbocycles. The molecule has 118 valence electrons. The van der Waals surface area contributed by atoms with Gasteiger partial charge in [0.25, 0.3) is 0 Å². The molecule has 5 heteroatoms. The van der Waals surface area contributed by atoms with E-state index in [9.17, 15) is 0 Å². The molecule has 1 unspecified atom stereocenters. The molecule has 0 amide bonds. The average Bonchev–Trinajstić information content (AvgIpc) is 2.96. The van der Waals surface area contributed by atoms with Crippen LogP contribution in [0.3, 0.4) is 0 Å². The minimum atomic E-state index is 0. The van der Waals surface area contributed by atoms with Gasteiger partial charge < -0.3 is 15.0 Å².